The fraction of sp³-hybridized carbons (Fsp3) is 0.308. The molecular weight excluding hydrogens is 276 g/mol. The molecule has 1 atom stereocenters. The van der Waals surface area contributed by atoms with E-state index in [2.05, 4.69) is 10.6 Å². The molecule has 21 heavy (non-hydrogen) atoms. The molecule has 0 radical (unpaired) electrons. The maximum atomic E-state index is 11.6. The van der Waals surface area contributed by atoms with Gasteiger partial charge in [-0.2, -0.15) is 0 Å². The number of aromatic hydroxyl groups is 1. The molecule has 0 aliphatic carbocycles. The molecule has 8 heteroatoms. The number of hydrogen-bond acceptors (Lipinski definition) is 5. The van der Waals surface area contributed by atoms with Crippen molar-refractivity contribution in [1.29, 1.82) is 0 Å². The summed E-state index contributed by atoms with van der Waals surface area (Å²) in [5.74, 6) is -1.61. The molecule has 1 aromatic rings. The maximum absolute atomic E-state index is 11.6. The first-order valence-corrected chi connectivity index (χ1v) is 6.25. The van der Waals surface area contributed by atoms with Crippen LogP contribution in [0.25, 0.3) is 0 Å². The van der Waals surface area contributed by atoms with E-state index >= 15 is 0 Å². The highest BCUT2D eigenvalue weighted by Gasteiger charge is 2.18. The highest BCUT2D eigenvalue weighted by Crippen LogP contribution is 2.11. The summed E-state index contributed by atoms with van der Waals surface area (Å²) in [4.78, 5) is 33.9. The molecule has 0 saturated carbocycles. The Morgan fingerprint density at radius 3 is 2.29 bits per heavy atom. The minimum absolute atomic E-state index is 0.0999. The Kier molecular flexibility index (Phi) is 6.15. The zero-order valence-corrected chi connectivity index (χ0v) is 11.3. The summed E-state index contributed by atoms with van der Waals surface area (Å²) >= 11 is 0. The van der Waals surface area contributed by atoms with Crippen LogP contribution < -0.4 is 22.1 Å². The van der Waals surface area contributed by atoms with E-state index < -0.39 is 23.8 Å². The second-order valence-corrected chi connectivity index (χ2v) is 4.37. The average molecular weight is 294 g/mol. The topological polar surface area (TPSA) is 148 Å². The molecule has 0 aliphatic rings. The summed E-state index contributed by atoms with van der Waals surface area (Å²) in [6.07, 6.45) is 0.187. The predicted molar refractivity (Wildman–Crippen MR) is 75.0 cm³/mol. The summed E-state index contributed by atoms with van der Waals surface area (Å²) in [5, 5.41) is 13.9. The van der Waals surface area contributed by atoms with Crippen LogP contribution in [0.4, 0.5) is 0 Å². The van der Waals surface area contributed by atoms with Crippen LogP contribution in [0.15, 0.2) is 24.3 Å². The Labute approximate surface area is 121 Å². The largest absolute Gasteiger partial charge is 0.508 e. The summed E-state index contributed by atoms with van der Waals surface area (Å²) < 4.78 is 0. The van der Waals surface area contributed by atoms with Crippen LogP contribution in [-0.4, -0.2) is 42.0 Å². The number of benzene rings is 1. The van der Waals surface area contributed by atoms with Crippen LogP contribution in [0.1, 0.15) is 5.56 Å². The van der Waals surface area contributed by atoms with Crippen LogP contribution in [-0.2, 0) is 20.8 Å². The molecule has 1 aromatic carbocycles. The van der Waals surface area contributed by atoms with Crippen molar-refractivity contribution in [2.45, 2.75) is 12.5 Å². The maximum Gasteiger partial charge on any atom is 0.240 e. The lowest BCUT2D eigenvalue weighted by Gasteiger charge is -2.16. The molecule has 8 nitrogen and oxygen atoms in total. The van der Waals surface area contributed by atoms with Gasteiger partial charge in [-0.15, -0.1) is 0 Å². The number of carbonyl (C=O) groups excluding carboxylic acids is 3. The summed E-state index contributed by atoms with van der Waals surface area (Å²) in [5.41, 5.74) is 11.0. The molecule has 0 fully saturated rings. The quantitative estimate of drug-likeness (QED) is 0.394. The number of hydrogen-bond donors (Lipinski definition) is 5. The smallest absolute Gasteiger partial charge is 0.240 e. The zero-order chi connectivity index (χ0) is 15.8. The van der Waals surface area contributed by atoms with E-state index in [1.807, 2.05) is 0 Å². The van der Waals surface area contributed by atoms with E-state index in [9.17, 15) is 19.5 Å². The number of primary amides is 1. The molecule has 0 spiro atoms. The Morgan fingerprint density at radius 1 is 1.14 bits per heavy atom. The van der Waals surface area contributed by atoms with Crippen LogP contribution in [0.5, 0.6) is 5.75 Å². The van der Waals surface area contributed by atoms with Gasteiger partial charge in [0.2, 0.25) is 17.7 Å². The van der Waals surface area contributed by atoms with Crippen molar-refractivity contribution in [2.75, 3.05) is 13.1 Å². The predicted octanol–water partition coefficient (Wildman–Crippen LogP) is -2.02. The van der Waals surface area contributed by atoms with Gasteiger partial charge < -0.3 is 27.2 Å². The lowest BCUT2D eigenvalue weighted by atomic mass is 10.1. The highest BCUT2D eigenvalue weighted by molar-refractivity contribution is 5.89. The van der Waals surface area contributed by atoms with Crippen molar-refractivity contribution in [1.82, 2.24) is 10.6 Å². The number of phenols is 1. The normalized spacial score (nSPS) is 11.5. The van der Waals surface area contributed by atoms with Crippen molar-refractivity contribution in [3.63, 3.8) is 0 Å². The summed E-state index contributed by atoms with van der Waals surface area (Å²) in [6.45, 7) is -0.505. The number of rotatable bonds is 7. The van der Waals surface area contributed by atoms with Gasteiger partial charge >= 0.3 is 0 Å². The lowest BCUT2D eigenvalue weighted by Crippen LogP contribution is -2.49. The van der Waals surface area contributed by atoms with E-state index in [1.54, 1.807) is 12.1 Å². The number of phenolic OH excluding ortho intramolecular Hbond substituents is 1. The van der Waals surface area contributed by atoms with Crippen molar-refractivity contribution in [3.8, 4) is 5.75 Å². The first kappa shape index (κ1) is 16.4. The van der Waals surface area contributed by atoms with Crippen molar-refractivity contribution < 1.29 is 19.5 Å². The molecule has 0 saturated heterocycles. The molecule has 0 aromatic heterocycles. The Morgan fingerprint density at radius 2 is 1.76 bits per heavy atom. The fourth-order valence-corrected chi connectivity index (χ4v) is 1.59. The molecule has 0 heterocycles. The number of carbonyl (C=O) groups is 3. The third kappa shape index (κ3) is 5.91. The minimum Gasteiger partial charge on any atom is -0.508 e. The van der Waals surface area contributed by atoms with Crippen molar-refractivity contribution in [2.24, 2.45) is 11.5 Å². The van der Waals surface area contributed by atoms with E-state index in [1.165, 1.54) is 12.1 Å². The summed E-state index contributed by atoms with van der Waals surface area (Å²) in [7, 11) is 0. The summed E-state index contributed by atoms with van der Waals surface area (Å²) in [6, 6.07) is 5.27. The van der Waals surface area contributed by atoms with Gasteiger partial charge in [-0.3, -0.25) is 14.4 Å². The Balaban J connectivity index is 2.57. The van der Waals surface area contributed by atoms with Gasteiger partial charge in [0, 0.05) is 6.42 Å². The molecule has 3 amide bonds. The first-order valence-electron chi connectivity index (χ1n) is 6.25. The van der Waals surface area contributed by atoms with Crippen LogP contribution in [0.3, 0.4) is 0 Å². The van der Waals surface area contributed by atoms with Gasteiger partial charge in [0.15, 0.2) is 0 Å². The molecule has 1 rings (SSSR count). The average Bonchev–Trinajstić information content (AvgIpc) is 2.46. The number of amides is 3. The first-order chi connectivity index (χ1) is 9.92. The number of nitrogens with two attached hydrogens (primary N) is 2. The molecule has 0 unspecified atom stereocenters. The molecule has 7 N–H and O–H groups in total. The third-order valence-corrected chi connectivity index (χ3v) is 2.69. The molecular formula is C13H18N4O4. The lowest BCUT2D eigenvalue weighted by molar-refractivity contribution is -0.128. The standard InChI is InChI=1S/C13H18N4O4/c14-6-11(19)16-7-12(20)17-10(13(15)21)5-8-1-3-9(18)4-2-8/h1-4,10,18H,5-7,14H2,(H2,15,21)(H,16,19)(H,17,20)/t10-/m0/s1. The molecule has 0 aliphatic heterocycles. The van der Waals surface area contributed by atoms with Gasteiger partial charge in [0.25, 0.3) is 0 Å². The highest BCUT2D eigenvalue weighted by atomic mass is 16.3. The second-order valence-electron chi connectivity index (χ2n) is 4.37. The molecule has 114 valence electrons. The van der Waals surface area contributed by atoms with Gasteiger partial charge in [0.05, 0.1) is 13.1 Å². The SMILES string of the molecule is NCC(=O)NCC(=O)N[C@@H](Cc1ccc(O)cc1)C(N)=O. The van der Waals surface area contributed by atoms with Gasteiger partial charge in [0.1, 0.15) is 11.8 Å². The van der Waals surface area contributed by atoms with E-state index in [4.69, 9.17) is 11.5 Å². The van der Waals surface area contributed by atoms with Crippen LogP contribution >= 0.6 is 0 Å². The van der Waals surface area contributed by atoms with E-state index in [0.717, 1.165) is 5.56 Å². The van der Waals surface area contributed by atoms with Crippen molar-refractivity contribution >= 4 is 17.7 Å². The number of nitrogens with one attached hydrogen (secondary N) is 2. The van der Waals surface area contributed by atoms with Crippen LogP contribution in [0.2, 0.25) is 0 Å². The monoisotopic (exact) mass is 294 g/mol. The fourth-order valence-electron chi connectivity index (χ4n) is 1.59. The van der Waals surface area contributed by atoms with Gasteiger partial charge in [-0.05, 0) is 17.7 Å². The van der Waals surface area contributed by atoms with E-state index in [-0.39, 0.29) is 25.3 Å². The molecule has 0 bridgehead atoms. The van der Waals surface area contributed by atoms with Gasteiger partial charge in [-0.25, -0.2) is 0 Å². The van der Waals surface area contributed by atoms with Crippen molar-refractivity contribution in [3.05, 3.63) is 29.8 Å². The zero-order valence-electron chi connectivity index (χ0n) is 11.3. The Bertz CT molecular complexity index is 515. The van der Waals surface area contributed by atoms with E-state index in [0.29, 0.717) is 0 Å². The third-order valence-electron chi connectivity index (χ3n) is 2.69. The second kappa shape index (κ2) is 7.85. The Hall–Kier alpha value is -2.61. The van der Waals surface area contributed by atoms with Gasteiger partial charge in [-0.1, -0.05) is 12.1 Å². The van der Waals surface area contributed by atoms with Crippen LogP contribution in [0, 0.1) is 0 Å². The minimum atomic E-state index is -0.906.